The first-order valence-corrected chi connectivity index (χ1v) is 36.9. The third-order valence-corrected chi connectivity index (χ3v) is 17.2. The van der Waals surface area contributed by atoms with Crippen LogP contribution in [0.25, 0.3) is 0 Å². The lowest BCUT2D eigenvalue weighted by Crippen LogP contribution is -2.28. The number of aliphatic hydroxyl groups is 1. The summed E-state index contributed by atoms with van der Waals surface area (Å²) >= 11 is 0. The molecule has 0 aromatic carbocycles. The maximum atomic E-state index is 12.4. The highest BCUT2D eigenvalue weighted by molar-refractivity contribution is 5.70. The lowest BCUT2D eigenvalue weighted by Gasteiger charge is -2.15. The fraction of sp³-hybridized carbons (Fsp3) is 0.920. The fourth-order valence-electron chi connectivity index (χ4n) is 11.7. The van der Waals surface area contributed by atoms with Crippen LogP contribution in [-0.2, 0) is 19.1 Å². The van der Waals surface area contributed by atoms with Crippen LogP contribution in [0.1, 0.15) is 425 Å². The van der Waals surface area contributed by atoms with Crippen LogP contribution >= 0.6 is 0 Å². The number of carbonyl (C=O) groups excluding carboxylic acids is 2. The number of aliphatic hydroxyl groups excluding tert-OH is 1. The van der Waals surface area contributed by atoms with Gasteiger partial charge in [-0.3, -0.25) is 9.59 Å². The number of unbranched alkanes of at least 4 members (excludes halogenated alkanes) is 58. The highest BCUT2D eigenvalue weighted by Gasteiger charge is 2.16. The zero-order valence-electron chi connectivity index (χ0n) is 54.6. The Hall–Kier alpha value is -1.62. The number of esters is 2. The number of carbonyl (C=O) groups is 2. The molecule has 0 bridgehead atoms. The van der Waals surface area contributed by atoms with Crippen molar-refractivity contribution in [2.75, 3.05) is 13.2 Å². The molecule has 0 aliphatic rings. The SMILES string of the molecule is CCCCCCC/C=C\C/C=C\CCCCCCCCCCCCCCCCCCCCCC(=O)OC(CO)COC(=O)CCCCCCCCCCCCCCCCCCCCCCCCCCCCCCCCCCCCC. The Balaban J connectivity index is 3.36. The van der Waals surface area contributed by atoms with E-state index in [2.05, 4.69) is 38.2 Å². The molecule has 0 heterocycles. The summed E-state index contributed by atoms with van der Waals surface area (Å²) in [5.41, 5.74) is 0. The van der Waals surface area contributed by atoms with Crippen LogP contribution in [0.2, 0.25) is 0 Å². The molecule has 0 saturated heterocycles. The molecule has 80 heavy (non-hydrogen) atoms. The van der Waals surface area contributed by atoms with Crippen LogP contribution in [0.5, 0.6) is 0 Å². The predicted molar refractivity (Wildman–Crippen MR) is 353 cm³/mol. The van der Waals surface area contributed by atoms with Crippen molar-refractivity contribution in [3.8, 4) is 0 Å². The summed E-state index contributed by atoms with van der Waals surface area (Å²) in [6, 6.07) is 0. The van der Waals surface area contributed by atoms with Gasteiger partial charge in [0, 0.05) is 12.8 Å². The molecule has 0 saturated carbocycles. The lowest BCUT2D eigenvalue weighted by molar-refractivity contribution is -0.161. The van der Waals surface area contributed by atoms with Crippen LogP contribution in [0.4, 0.5) is 0 Å². The van der Waals surface area contributed by atoms with Gasteiger partial charge in [0.15, 0.2) is 6.10 Å². The summed E-state index contributed by atoms with van der Waals surface area (Å²) in [6.07, 6.45) is 93.9. The van der Waals surface area contributed by atoms with E-state index in [4.69, 9.17) is 9.47 Å². The smallest absolute Gasteiger partial charge is 0.306 e. The molecule has 5 heteroatoms. The van der Waals surface area contributed by atoms with Gasteiger partial charge in [-0.15, -0.1) is 0 Å². The van der Waals surface area contributed by atoms with Gasteiger partial charge < -0.3 is 14.6 Å². The monoisotopic (exact) mass is 1130 g/mol. The van der Waals surface area contributed by atoms with Gasteiger partial charge in [0.1, 0.15) is 6.61 Å². The Morgan fingerprint density at radius 2 is 0.500 bits per heavy atom. The largest absolute Gasteiger partial charge is 0.462 e. The molecule has 1 N–H and O–H groups in total. The molecule has 0 amide bonds. The quantitative estimate of drug-likeness (QED) is 0.0373. The number of rotatable bonds is 70. The van der Waals surface area contributed by atoms with Crippen molar-refractivity contribution >= 4 is 11.9 Å². The third kappa shape index (κ3) is 68.9. The standard InChI is InChI=1S/C75H144O5/c1-3-5-7-9-11-13-15-17-19-21-23-25-27-29-31-33-35-36-37-38-40-41-43-45-47-49-51-53-55-57-59-61-63-65-67-69-74(77)79-72-73(71-76)80-75(78)70-68-66-64-62-60-58-56-54-52-50-48-46-44-42-39-34-32-30-28-26-24-22-20-18-16-14-12-10-8-6-4-2/h16,18,22,24,73,76H,3-15,17,19-21,23,25-72H2,1-2H3/b18-16-,24-22-. The average molecular weight is 1130 g/mol. The van der Waals surface area contributed by atoms with Gasteiger partial charge in [-0.2, -0.15) is 0 Å². The Morgan fingerprint density at radius 3 is 0.738 bits per heavy atom. The summed E-state index contributed by atoms with van der Waals surface area (Å²) in [4.78, 5) is 24.7. The lowest BCUT2D eigenvalue weighted by atomic mass is 10.0. The van der Waals surface area contributed by atoms with Gasteiger partial charge in [-0.05, 0) is 44.9 Å². The van der Waals surface area contributed by atoms with E-state index < -0.39 is 6.10 Å². The number of ether oxygens (including phenoxy) is 2. The van der Waals surface area contributed by atoms with Crippen molar-refractivity contribution in [3.05, 3.63) is 24.3 Å². The van der Waals surface area contributed by atoms with Crippen LogP contribution in [0.3, 0.4) is 0 Å². The molecular weight excluding hydrogens is 981 g/mol. The first-order valence-electron chi connectivity index (χ1n) is 36.9. The summed E-state index contributed by atoms with van der Waals surface area (Å²) in [5.74, 6) is -0.562. The molecule has 0 aromatic heterocycles. The molecule has 1 atom stereocenters. The Labute approximate surface area is 502 Å². The molecule has 0 aliphatic carbocycles. The molecule has 0 radical (unpaired) electrons. The van der Waals surface area contributed by atoms with E-state index in [1.54, 1.807) is 0 Å². The first-order chi connectivity index (χ1) is 39.6. The number of hydrogen-bond acceptors (Lipinski definition) is 5. The average Bonchev–Trinajstić information content (AvgIpc) is 3.46. The van der Waals surface area contributed by atoms with Crippen LogP contribution in [0, 0.1) is 0 Å². The van der Waals surface area contributed by atoms with E-state index in [0.717, 1.165) is 38.5 Å². The molecule has 474 valence electrons. The summed E-state index contributed by atoms with van der Waals surface area (Å²) in [6.45, 7) is 4.21. The van der Waals surface area contributed by atoms with Gasteiger partial charge in [0.2, 0.25) is 0 Å². The van der Waals surface area contributed by atoms with Crippen molar-refractivity contribution in [2.24, 2.45) is 0 Å². The zero-order chi connectivity index (χ0) is 57.6. The van der Waals surface area contributed by atoms with E-state index in [0.29, 0.717) is 12.8 Å². The molecule has 0 aliphatic heterocycles. The molecular formula is C75H144O5. The summed E-state index contributed by atoms with van der Waals surface area (Å²) < 4.78 is 10.8. The molecule has 0 fully saturated rings. The van der Waals surface area contributed by atoms with Gasteiger partial charge in [-0.1, -0.05) is 391 Å². The maximum absolute atomic E-state index is 12.4. The molecule has 1 unspecified atom stereocenters. The maximum Gasteiger partial charge on any atom is 0.306 e. The minimum Gasteiger partial charge on any atom is -0.462 e. The van der Waals surface area contributed by atoms with Crippen LogP contribution in [-0.4, -0.2) is 36.4 Å². The third-order valence-electron chi connectivity index (χ3n) is 17.2. The Bertz CT molecular complexity index is 1230. The molecule has 0 aromatic rings. The van der Waals surface area contributed by atoms with Gasteiger partial charge >= 0.3 is 11.9 Å². The Kier molecular flexibility index (Phi) is 70.2. The van der Waals surface area contributed by atoms with E-state index in [1.165, 1.54) is 360 Å². The number of hydrogen-bond donors (Lipinski definition) is 1. The van der Waals surface area contributed by atoms with Crippen molar-refractivity contribution in [1.29, 1.82) is 0 Å². The minimum atomic E-state index is -0.769. The van der Waals surface area contributed by atoms with Gasteiger partial charge in [-0.25, -0.2) is 0 Å². The first kappa shape index (κ1) is 78.4. The second kappa shape index (κ2) is 71.6. The number of allylic oxidation sites excluding steroid dienone is 4. The fourth-order valence-corrected chi connectivity index (χ4v) is 11.7. The van der Waals surface area contributed by atoms with E-state index in [9.17, 15) is 14.7 Å². The van der Waals surface area contributed by atoms with Crippen molar-refractivity contribution in [2.45, 2.75) is 431 Å². The van der Waals surface area contributed by atoms with E-state index >= 15 is 0 Å². The van der Waals surface area contributed by atoms with Gasteiger partial charge in [0.05, 0.1) is 6.61 Å². The highest BCUT2D eigenvalue weighted by Crippen LogP contribution is 2.20. The molecule has 0 spiro atoms. The van der Waals surface area contributed by atoms with E-state index in [-0.39, 0.29) is 25.2 Å². The summed E-state index contributed by atoms with van der Waals surface area (Å²) in [5, 5.41) is 9.71. The van der Waals surface area contributed by atoms with Crippen LogP contribution < -0.4 is 0 Å². The molecule has 5 nitrogen and oxygen atoms in total. The van der Waals surface area contributed by atoms with Gasteiger partial charge in [0.25, 0.3) is 0 Å². The van der Waals surface area contributed by atoms with Crippen molar-refractivity contribution in [3.63, 3.8) is 0 Å². The topological polar surface area (TPSA) is 72.8 Å². The van der Waals surface area contributed by atoms with Crippen molar-refractivity contribution < 1.29 is 24.2 Å². The normalized spacial score (nSPS) is 12.2. The predicted octanol–water partition coefficient (Wildman–Crippen LogP) is 25.6. The van der Waals surface area contributed by atoms with Crippen LogP contribution in [0.15, 0.2) is 24.3 Å². The highest BCUT2D eigenvalue weighted by atomic mass is 16.6. The Morgan fingerprint density at radius 1 is 0.287 bits per heavy atom. The second-order valence-electron chi connectivity index (χ2n) is 25.4. The minimum absolute atomic E-state index is 0.0577. The summed E-state index contributed by atoms with van der Waals surface area (Å²) in [7, 11) is 0. The zero-order valence-corrected chi connectivity index (χ0v) is 54.6. The second-order valence-corrected chi connectivity index (χ2v) is 25.4. The van der Waals surface area contributed by atoms with E-state index in [1.807, 2.05) is 0 Å². The van der Waals surface area contributed by atoms with Crippen molar-refractivity contribution in [1.82, 2.24) is 0 Å². The molecule has 0 rings (SSSR count).